The number of hydrogen-bond acceptors (Lipinski definition) is 2. The zero-order valence-electron chi connectivity index (χ0n) is 7.48. The van der Waals surface area contributed by atoms with Crippen molar-refractivity contribution in [3.8, 4) is 0 Å². The molecule has 2 bridgehead atoms. The Balaban J connectivity index is 2.19. The lowest BCUT2D eigenvalue weighted by Crippen LogP contribution is -2.72. The molecule has 3 fully saturated rings. The summed E-state index contributed by atoms with van der Waals surface area (Å²) in [5.74, 6) is 0. The molecule has 0 radical (unpaired) electrons. The molecule has 2 nitrogen and oxygen atoms in total. The molecule has 0 aromatic carbocycles. The Morgan fingerprint density at radius 1 is 0.818 bits per heavy atom. The molecule has 0 heterocycles. The van der Waals surface area contributed by atoms with Gasteiger partial charge in [-0.3, -0.25) is 0 Å². The lowest BCUT2D eigenvalue weighted by Gasteiger charge is -2.62. The summed E-state index contributed by atoms with van der Waals surface area (Å²) in [6, 6.07) is 0. The highest BCUT2D eigenvalue weighted by Crippen LogP contribution is 2.55. The van der Waals surface area contributed by atoms with Crippen molar-refractivity contribution in [2.75, 3.05) is 0 Å². The van der Waals surface area contributed by atoms with E-state index in [1.165, 1.54) is 0 Å². The molecule has 3 rings (SSSR count). The van der Waals surface area contributed by atoms with Crippen LogP contribution in [-0.4, -0.2) is 11.1 Å². The maximum absolute atomic E-state index is 6.12. The van der Waals surface area contributed by atoms with E-state index < -0.39 is 0 Å². The summed E-state index contributed by atoms with van der Waals surface area (Å²) < 4.78 is 0. The number of rotatable bonds is 0. The predicted octanol–water partition coefficient (Wildman–Crippen LogP) is 0.995. The molecule has 2 heteroatoms. The zero-order chi connectivity index (χ0) is 8.33. The normalized spacial score (nSPS) is 53.5. The van der Waals surface area contributed by atoms with Crippen LogP contribution in [0.25, 0.3) is 0 Å². The summed E-state index contributed by atoms with van der Waals surface area (Å²) in [7, 11) is 0. The van der Waals surface area contributed by atoms with Crippen LogP contribution in [0.3, 0.4) is 0 Å². The second kappa shape index (κ2) is 1.64. The summed E-state index contributed by atoms with van der Waals surface area (Å²) in [5, 5.41) is 0. The SMILES string of the molecule is CC1(C)CC2(N)CC(N)(C1)C2. The topological polar surface area (TPSA) is 52.0 Å². The van der Waals surface area contributed by atoms with Gasteiger partial charge in [0.2, 0.25) is 0 Å². The third kappa shape index (κ3) is 1.09. The van der Waals surface area contributed by atoms with Crippen molar-refractivity contribution in [3.05, 3.63) is 0 Å². The summed E-state index contributed by atoms with van der Waals surface area (Å²) in [5.41, 5.74) is 12.8. The first-order chi connectivity index (χ1) is 4.83. The third-order valence-electron chi connectivity index (χ3n) is 3.07. The predicted molar refractivity (Wildman–Crippen MR) is 46.1 cm³/mol. The van der Waals surface area contributed by atoms with Crippen LogP contribution in [0.2, 0.25) is 0 Å². The molecule has 0 aromatic rings. The average Bonchev–Trinajstić information content (AvgIpc) is 1.48. The van der Waals surface area contributed by atoms with E-state index in [2.05, 4.69) is 13.8 Å². The molecule has 0 aromatic heterocycles. The highest BCUT2D eigenvalue weighted by Gasteiger charge is 2.58. The molecule has 0 atom stereocenters. The van der Waals surface area contributed by atoms with E-state index >= 15 is 0 Å². The van der Waals surface area contributed by atoms with Crippen LogP contribution in [0.1, 0.15) is 39.5 Å². The molecule has 3 saturated carbocycles. The summed E-state index contributed by atoms with van der Waals surface area (Å²) in [4.78, 5) is 0. The quantitative estimate of drug-likeness (QED) is 0.547. The van der Waals surface area contributed by atoms with E-state index in [0.717, 1.165) is 25.7 Å². The van der Waals surface area contributed by atoms with Crippen molar-refractivity contribution in [1.29, 1.82) is 0 Å². The van der Waals surface area contributed by atoms with Gasteiger partial charge in [-0.2, -0.15) is 0 Å². The Hall–Kier alpha value is -0.0800. The van der Waals surface area contributed by atoms with Crippen LogP contribution in [0.4, 0.5) is 0 Å². The Morgan fingerprint density at radius 3 is 1.45 bits per heavy atom. The largest absolute Gasteiger partial charge is 0.325 e. The molecule has 3 aliphatic carbocycles. The third-order valence-corrected chi connectivity index (χ3v) is 3.07. The Bertz CT molecular complexity index is 166. The molecule has 11 heavy (non-hydrogen) atoms. The van der Waals surface area contributed by atoms with Crippen molar-refractivity contribution in [2.24, 2.45) is 16.9 Å². The van der Waals surface area contributed by atoms with Crippen molar-refractivity contribution < 1.29 is 0 Å². The Morgan fingerprint density at radius 2 is 1.18 bits per heavy atom. The first-order valence-corrected chi connectivity index (χ1v) is 4.41. The number of nitrogens with two attached hydrogens (primary N) is 2. The maximum Gasteiger partial charge on any atom is 0.0194 e. The molecule has 0 amide bonds. The van der Waals surface area contributed by atoms with E-state index in [1.807, 2.05) is 0 Å². The van der Waals surface area contributed by atoms with Gasteiger partial charge in [0, 0.05) is 11.1 Å². The van der Waals surface area contributed by atoms with Gasteiger partial charge < -0.3 is 11.5 Å². The lowest BCUT2D eigenvalue weighted by molar-refractivity contribution is -0.0285. The van der Waals surface area contributed by atoms with Crippen LogP contribution in [0, 0.1) is 5.41 Å². The summed E-state index contributed by atoms with van der Waals surface area (Å²) >= 11 is 0. The van der Waals surface area contributed by atoms with Gasteiger partial charge in [-0.15, -0.1) is 0 Å². The zero-order valence-corrected chi connectivity index (χ0v) is 7.48. The van der Waals surface area contributed by atoms with Crippen molar-refractivity contribution >= 4 is 0 Å². The van der Waals surface area contributed by atoms with E-state index in [0.29, 0.717) is 5.41 Å². The Kier molecular flexibility index (Phi) is 1.13. The van der Waals surface area contributed by atoms with Crippen LogP contribution in [0.5, 0.6) is 0 Å². The van der Waals surface area contributed by atoms with Crippen molar-refractivity contribution in [2.45, 2.75) is 50.6 Å². The van der Waals surface area contributed by atoms with Gasteiger partial charge >= 0.3 is 0 Å². The van der Waals surface area contributed by atoms with Crippen LogP contribution in [0.15, 0.2) is 0 Å². The van der Waals surface area contributed by atoms with Gasteiger partial charge in [0.1, 0.15) is 0 Å². The number of fused-ring (bicyclic) bond motifs is 2. The molecule has 0 aliphatic heterocycles. The highest BCUT2D eigenvalue weighted by molar-refractivity contribution is 5.18. The molecule has 3 aliphatic rings. The fourth-order valence-corrected chi connectivity index (χ4v) is 3.57. The van der Waals surface area contributed by atoms with Crippen LogP contribution < -0.4 is 11.5 Å². The van der Waals surface area contributed by atoms with E-state index in [9.17, 15) is 0 Å². The minimum Gasteiger partial charge on any atom is -0.325 e. The Labute approximate surface area is 68.3 Å². The van der Waals surface area contributed by atoms with Gasteiger partial charge in [0.05, 0.1) is 0 Å². The summed E-state index contributed by atoms with van der Waals surface area (Å²) in [6.45, 7) is 4.54. The minimum absolute atomic E-state index is 0.0938. The van der Waals surface area contributed by atoms with Crippen molar-refractivity contribution in [1.82, 2.24) is 0 Å². The van der Waals surface area contributed by atoms with E-state index in [-0.39, 0.29) is 11.1 Å². The molecular weight excluding hydrogens is 136 g/mol. The molecule has 4 N–H and O–H groups in total. The second-order valence-corrected chi connectivity index (χ2v) is 5.60. The van der Waals surface area contributed by atoms with Gasteiger partial charge in [0.25, 0.3) is 0 Å². The van der Waals surface area contributed by atoms with Crippen LogP contribution >= 0.6 is 0 Å². The first kappa shape index (κ1) is 7.56. The molecule has 0 saturated heterocycles. The number of hydrogen-bond donors (Lipinski definition) is 2. The standard InChI is InChI=1S/C9H18N2/c1-7(2)3-8(10)5-9(11,4-7)6-8/h3-6,10-11H2,1-2H3. The average molecular weight is 154 g/mol. The van der Waals surface area contributed by atoms with Gasteiger partial charge in [-0.25, -0.2) is 0 Å². The molecular formula is C9H18N2. The van der Waals surface area contributed by atoms with Gasteiger partial charge in [0.15, 0.2) is 0 Å². The van der Waals surface area contributed by atoms with E-state index in [1.54, 1.807) is 0 Å². The fourth-order valence-electron chi connectivity index (χ4n) is 3.57. The lowest BCUT2D eigenvalue weighted by atomic mass is 9.48. The first-order valence-electron chi connectivity index (χ1n) is 4.41. The van der Waals surface area contributed by atoms with Crippen molar-refractivity contribution in [3.63, 3.8) is 0 Å². The van der Waals surface area contributed by atoms with Gasteiger partial charge in [-0.05, 0) is 31.1 Å². The monoisotopic (exact) mass is 154 g/mol. The maximum atomic E-state index is 6.12. The van der Waals surface area contributed by atoms with Gasteiger partial charge in [-0.1, -0.05) is 13.8 Å². The minimum atomic E-state index is 0.0938. The smallest absolute Gasteiger partial charge is 0.0194 e. The van der Waals surface area contributed by atoms with Crippen LogP contribution in [-0.2, 0) is 0 Å². The second-order valence-electron chi connectivity index (χ2n) is 5.60. The molecule has 64 valence electrons. The molecule has 0 spiro atoms. The molecule has 0 unspecified atom stereocenters. The fraction of sp³-hybridized carbons (Fsp3) is 1.00. The van der Waals surface area contributed by atoms with E-state index in [4.69, 9.17) is 11.5 Å². The highest BCUT2D eigenvalue weighted by atomic mass is 14.9. The summed E-state index contributed by atoms with van der Waals surface area (Å²) in [6.07, 6.45) is 4.39.